The van der Waals surface area contributed by atoms with Gasteiger partial charge in [-0.25, -0.2) is 13.8 Å². The highest BCUT2D eigenvalue weighted by Gasteiger charge is 2.28. The number of carbonyl (C=O) groups excluding carboxylic acids is 1. The molecule has 4 aromatic carbocycles. The van der Waals surface area contributed by atoms with E-state index in [1.165, 1.54) is 36.5 Å². The maximum Gasteiger partial charge on any atom is 0.264 e. The molecule has 39 heavy (non-hydrogen) atoms. The molecule has 1 N–H and O–H groups in total. The number of hydrazone groups is 1. The number of hydrogen-bond donors (Lipinski definition) is 1. The number of nitrogens with one attached hydrogen (secondary N) is 1. The molecule has 0 saturated carbocycles. The van der Waals surface area contributed by atoms with Crippen LogP contribution in [0.25, 0.3) is 0 Å². The number of hydrogen-bond acceptors (Lipinski definition) is 5. The van der Waals surface area contributed by atoms with Crippen molar-refractivity contribution in [2.24, 2.45) is 5.10 Å². The fourth-order valence-corrected chi connectivity index (χ4v) is 5.69. The van der Waals surface area contributed by atoms with Crippen LogP contribution in [0.1, 0.15) is 11.1 Å². The van der Waals surface area contributed by atoms with Gasteiger partial charge in [-0.15, -0.1) is 0 Å². The van der Waals surface area contributed by atoms with Crippen molar-refractivity contribution in [3.05, 3.63) is 123 Å². The van der Waals surface area contributed by atoms with Crippen molar-refractivity contribution in [3.8, 4) is 5.75 Å². The molecule has 0 atom stereocenters. The fourth-order valence-electron chi connectivity index (χ4n) is 3.47. The van der Waals surface area contributed by atoms with E-state index in [4.69, 9.17) is 39.5 Å². The minimum atomic E-state index is -4.12. The highest BCUT2D eigenvalue weighted by atomic mass is 35.5. The zero-order chi connectivity index (χ0) is 27.8. The van der Waals surface area contributed by atoms with Crippen molar-refractivity contribution in [1.29, 1.82) is 0 Å². The number of carbonyl (C=O) groups is 1. The standard InChI is InChI=1S/C28H22Cl3N3O4S/c29-22-12-15-27(26(31)16-22)34(39(36,37)24-7-2-1-3-8-24)18-28(35)33-32-17-20-10-13-23(14-11-20)38-19-21-6-4-5-9-25(21)30/h1-17H,18-19H2,(H,33,35)/b32-17-. The molecule has 0 aliphatic carbocycles. The Kier molecular flexibility index (Phi) is 9.48. The SMILES string of the molecule is O=C(CN(c1ccc(Cl)cc1Cl)S(=O)(=O)c1ccccc1)N/N=C\c1ccc(OCc2ccccc2Cl)cc1. The van der Waals surface area contributed by atoms with E-state index in [2.05, 4.69) is 10.5 Å². The van der Waals surface area contributed by atoms with Gasteiger partial charge in [0.25, 0.3) is 15.9 Å². The van der Waals surface area contributed by atoms with Crippen LogP contribution in [0.3, 0.4) is 0 Å². The molecule has 4 rings (SSSR count). The number of sulfonamides is 1. The van der Waals surface area contributed by atoms with Crippen LogP contribution >= 0.6 is 34.8 Å². The van der Waals surface area contributed by atoms with Crippen LogP contribution in [0.15, 0.2) is 107 Å². The predicted molar refractivity (Wildman–Crippen MR) is 155 cm³/mol. The third-order valence-electron chi connectivity index (χ3n) is 5.43. The van der Waals surface area contributed by atoms with Crippen LogP contribution < -0.4 is 14.5 Å². The Bertz CT molecular complexity index is 1580. The summed E-state index contributed by atoms with van der Waals surface area (Å²) >= 11 is 18.4. The van der Waals surface area contributed by atoms with Crippen molar-refractivity contribution in [3.63, 3.8) is 0 Å². The number of amides is 1. The van der Waals surface area contributed by atoms with Crippen molar-refractivity contribution >= 4 is 62.6 Å². The molecule has 0 fully saturated rings. The monoisotopic (exact) mass is 601 g/mol. The number of benzene rings is 4. The second kappa shape index (κ2) is 13.0. The molecule has 1 amide bonds. The second-order valence-corrected chi connectivity index (χ2v) is 11.3. The van der Waals surface area contributed by atoms with E-state index in [0.29, 0.717) is 28.0 Å². The molecule has 4 aromatic rings. The van der Waals surface area contributed by atoms with Gasteiger partial charge in [0.1, 0.15) is 18.9 Å². The Hall–Kier alpha value is -3.56. The molecule has 0 aliphatic rings. The number of halogens is 3. The fraction of sp³-hybridized carbons (Fsp3) is 0.0714. The van der Waals surface area contributed by atoms with Crippen LogP contribution in [-0.4, -0.2) is 27.1 Å². The Labute approximate surface area is 241 Å². The van der Waals surface area contributed by atoms with Gasteiger partial charge in [-0.1, -0.05) is 71.2 Å². The zero-order valence-corrected chi connectivity index (χ0v) is 23.4. The maximum absolute atomic E-state index is 13.4. The van der Waals surface area contributed by atoms with Gasteiger partial charge in [0.2, 0.25) is 0 Å². The molecular weight excluding hydrogens is 581 g/mol. The molecule has 0 unspecified atom stereocenters. The molecule has 7 nitrogen and oxygen atoms in total. The summed E-state index contributed by atoms with van der Waals surface area (Å²) in [6, 6.07) is 26.6. The van der Waals surface area contributed by atoms with Crippen molar-refractivity contribution in [2.75, 3.05) is 10.8 Å². The summed E-state index contributed by atoms with van der Waals surface area (Å²) in [6.45, 7) is -0.242. The minimum absolute atomic E-state index is 0.00385. The van der Waals surface area contributed by atoms with E-state index in [0.717, 1.165) is 9.87 Å². The first-order chi connectivity index (χ1) is 18.7. The third-order valence-corrected chi connectivity index (χ3v) is 8.11. The van der Waals surface area contributed by atoms with Gasteiger partial charge in [-0.3, -0.25) is 9.10 Å². The number of ether oxygens (including phenoxy) is 1. The summed E-state index contributed by atoms with van der Waals surface area (Å²) < 4.78 is 33.5. The summed E-state index contributed by atoms with van der Waals surface area (Å²) in [5.41, 5.74) is 4.03. The van der Waals surface area contributed by atoms with Crippen molar-refractivity contribution < 1.29 is 17.9 Å². The van der Waals surface area contributed by atoms with E-state index in [-0.39, 0.29) is 15.6 Å². The Morgan fingerprint density at radius 1 is 0.872 bits per heavy atom. The minimum Gasteiger partial charge on any atom is -0.489 e. The lowest BCUT2D eigenvalue weighted by Crippen LogP contribution is -2.39. The zero-order valence-electron chi connectivity index (χ0n) is 20.3. The number of anilines is 1. The van der Waals surface area contributed by atoms with Gasteiger partial charge in [0.05, 0.1) is 21.8 Å². The molecule has 11 heteroatoms. The summed E-state index contributed by atoms with van der Waals surface area (Å²) in [6.07, 6.45) is 1.43. The van der Waals surface area contributed by atoms with Gasteiger partial charge < -0.3 is 4.74 Å². The van der Waals surface area contributed by atoms with Gasteiger partial charge in [-0.05, 0) is 66.2 Å². The average molecular weight is 603 g/mol. The molecule has 0 heterocycles. The summed E-state index contributed by atoms with van der Waals surface area (Å²) in [4.78, 5) is 12.7. The molecule has 0 aliphatic heterocycles. The van der Waals surface area contributed by atoms with E-state index in [9.17, 15) is 13.2 Å². The van der Waals surface area contributed by atoms with Gasteiger partial charge in [-0.2, -0.15) is 5.10 Å². The van der Waals surface area contributed by atoms with Gasteiger partial charge in [0, 0.05) is 15.6 Å². The quantitative estimate of drug-likeness (QED) is 0.164. The maximum atomic E-state index is 13.4. The molecular formula is C28H22Cl3N3O4S. The summed E-state index contributed by atoms with van der Waals surface area (Å²) in [7, 11) is -4.12. The summed E-state index contributed by atoms with van der Waals surface area (Å²) in [5.74, 6) is -0.0332. The third kappa shape index (κ3) is 7.52. The van der Waals surface area contributed by atoms with Gasteiger partial charge in [0.15, 0.2) is 0 Å². The first kappa shape index (κ1) is 28.4. The van der Waals surface area contributed by atoms with E-state index in [1.807, 2.05) is 18.2 Å². The molecule has 0 bridgehead atoms. The lowest BCUT2D eigenvalue weighted by Gasteiger charge is -2.24. The Morgan fingerprint density at radius 3 is 2.26 bits per heavy atom. The van der Waals surface area contributed by atoms with Crippen molar-refractivity contribution in [1.82, 2.24) is 5.43 Å². The summed E-state index contributed by atoms with van der Waals surface area (Å²) in [5, 5.41) is 4.99. The number of rotatable bonds is 10. The highest BCUT2D eigenvalue weighted by molar-refractivity contribution is 7.92. The lowest BCUT2D eigenvalue weighted by atomic mass is 10.2. The first-order valence-corrected chi connectivity index (χ1v) is 14.1. The average Bonchev–Trinajstić information content (AvgIpc) is 2.93. The predicted octanol–water partition coefficient (Wildman–Crippen LogP) is 6.57. The topological polar surface area (TPSA) is 88.1 Å². The molecule has 0 spiro atoms. The molecule has 0 aromatic heterocycles. The van der Waals surface area contributed by atoms with Crippen LogP contribution in [0.5, 0.6) is 5.75 Å². The normalized spacial score (nSPS) is 11.4. The van der Waals surface area contributed by atoms with Crippen LogP contribution in [0.2, 0.25) is 15.1 Å². The van der Waals surface area contributed by atoms with Crippen LogP contribution in [-0.2, 0) is 21.4 Å². The Balaban J connectivity index is 1.42. The smallest absolute Gasteiger partial charge is 0.264 e. The van der Waals surface area contributed by atoms with E-state index in [1.54, 1.807) is 48.5 Å². The largest absolute Gasteiger partial charge is 0.489 e. The lowest BCUT2D eigenvalue weighted by molar-refractivity contribution is -0.119. The van der Waals surface area contributed by atoms with E-state index >= 15 is 0 Å². The van der Waals surface area contributed by atoms with Gasteiger partial charge >= 0.3 is 0 Å². The molecule has 0 saturated heterocycles. The van der Waals surface area contributed by atoms with Crippen LogP contribution in [0.4, 0.5) is 5.69 Å². The second-order valence-electron chi connectivity index (χ2n) is 8.16. The number of nitrogens with zero attached hydrogens (tertiary/aromatic N) is 2. The van der Waals surface area contributed by atoms with Crippen LogP contribution in [0, 0.1) is 0 Å². The van der Waals surface area contributed by atoms with Crippen molar-refractivity contribution in [2.45, 2.75) is 11.5 Å². The first-order valence-electron chi connectivity index (χ1n) is 11.5. The Morgan fingerprint density at radius 2 is 1.56 bits per heavy atom. The molecule has 0 radical (unpaired) electrons. The van der Waals surface area contributed by atoms with E-state index < -0.39 is 22.5 Å². The highest BCUT2D eigenvalue weighted by Crippen LogP contribution is 2.32. The molecule has 200 valence electrons.